The lowest BCUT2D eigenvalue weighted by molar-refractivity contribution is -0.141. The first-order valence-electron chi connectivity index (χ1n) is 14.9. The Bertz CT molecular complexity index is 1740. The summed E-state index contributed by atoms with van der Waals surface area (Å²) in [5.41, 5.74) is 6.70. The number of carboxylic acid groups (broad SMARTS) is 1. The molecule has 2 N–H and O–H groups in total. The van der Waals surface area contributed by atoms with Crippen LogP contribution in [0, 0.1) is 11.7 Å². The maximum Gasteiger partial charge on any atom is 0.308 e. The predicted octanol–water partition coefficient (Wildman–Crippen LogP) is 6.11. The van der Waals surface area contributed by atoms with Crippen molar-refractivity contribution in [2.45, 2.75) is 58.4 Å². The van der Waals surface area contributed by atoms with E-state index in [1.54, 1.807) is 16.6 Å². The molecule has 6 rings (SSSR count). The highest BCUT2D eigenvalue weighted by atomic mass is 19.1. The monoisotopic (exact) mass is 581 g/mol. The van der Waals surface area contributed by atoms with Crippen LogP contribution in [0.5, 0.6) is 0 Å². The van der Waals surface area contributed by atoms with E-state index in [9.17, 15) is 14.7 Å². The van der Waals surface area contributed by atoms with Crippen LogP contribution in [0.1, 0.15) is 73.3 Å². The van der Waals surface area contributed by atoms with Crippen LogP contribution in [0.3, 0.4) is 0 Å². The zero-order chi connectivity index (χ0) is 30.2. The van der Waals surface area contributed by atoms with Gasteiger partial charge in [-0.2, -0.15) is 5.10 Å². The van der Waals surface area contributed by atoms with Gasteiger partial charge in [0, 0.05) is 48.1 Å². The molecule has 2 aromatic heterocycles. The van der Waals surface area contributed by atoms with Gasteiger partial charge in [-0.15, -0.1) is 0 Å². The van der Waals surface area contributed by atoms with Gasteiger partial charge in [0.15, 0.2) is 5.65 Å². The first-order valence-corrected chi connectivity index (χ1v) is 14.9. The van der Waals surface area contributed by atoms with Gasteiger partial charge < -0.3 is 15.3 Å². The molecule has 43 heavy (non-hydrogen) atoms. The Morgan fingerprint density at radius 3 is 2.60 bits per heavy atom. The van der Waals surface area contributed by atoms with Crippen molar-refractivity contribution in [1.82, 2.24) is 19.9 Å². The van der Waals surface area contributed by atoms with E-state index in [0.29, 0.717) is 54.2 Å². The van der Waals surface area contributed by atoms with Crippen molar-refractivity contribution >= 4 is 28.8 Å². The number of nitrogens with zero attached hydrogens (tertiary/aromatic N) is 4. The standard InChI is InChI=1S/C34H36FN5O3/c1-4-20(2)25-8-6-5-7-22(25)13-15-36-33(41)30-18-31(23-9-10-23)40-32(37-30)19-29(38-40)27-12-11-24(17-28(27)35)39-16-14-26(21(39)3)34(42)43/h4-8,11-12,17-19,21,23,26H,9-10,13-16H2,1-3H3,(H,36,41)(H,42,43)/b20-4-. The van der Waals surface area contributed by atoms with Crippen molar-refractivity contribution in [2.75, 3.05) is 18.0 Å². The Hall–Kier alpha value is -4.53. The molecule has 1 saturated heterocycles. The highest BCUT2D eigenvalue weighted by molar-refractivity contribution is 5.93. The molecule has 0 spiro atoms. The molecule has 2 aromatic carbocycles. The van der Waals surface area contributed by atoms with Crippen LogP contribution in [0.25, 0.3) is 22.5 Å². The molecule has 2 fully saturated rings. The normalized spacial score (nSPS) is 18.8. The number of aliphatic carboxylic acids is 1. The van der Waals surface area contributed by atoms with Gasteiger partial charge in [0.25, 0.3) is 5.91 Å². The van der Waals surface area contributed by atoms with E-state index in [1.807, 2.05) is 43.0 Å². The van der Waals surface area contributed by atoms with E-state index in [1.165, 1.54) is 22.8 Å². The van der Waals surface area contributed by atoms with Gasteiger partial charge in [0.2, 0.25) is 0 Å². The predicted molar refractivity (Wildman–Crippen MR) is 165 cm³/mol. The summed E-state index contributed by atoms with van der Waals surface area (Å²) in [7, 11) is 0. The van der Waals surface area contributed by atoms with Crippen LogP contribution in [0.4, 0.5) is 10.1 Å². The lowest BCUT2D eigenvalue weighted by atomic mass is 9.98. The molecule has 0 bridgehead atoms. The summed E-state index contributed by atoms with van der Waals surface area (Å²) in [5, 5.41) is 17.2. The molecule has 1 aliphatic carbocycles. The number of halogens is 1. The third-order valence-corrected chi connectivity index (χ3v) is 8.87. The Labute approximate surface area is 250 Å². The van der Waals surface area contributed by atoms with E-state index in [2.05, 4.69) is 35.4 Å². The van der Waals surface area contributed by atoms with Gasteiger partial charge in [-0.3, -0.25) is 9.59 Å². The van der Waals surface area contributed by atoms with Gasteiger partial charge in [-0.1, -0.05) is 30.3 Å². The smallest absolute Gasteiger partial charge is 0.308 e. The highest BCUT2D eigenvalue weighted by Crippen LogP contribution is 2.41. The summed E-state index contributed by atoms with van der Waals surface area (Å²) in [4.78, 5) is 31.3. The van der Waals surface area contributed by atoms with Crippen LogP contribution >= 0.6 is 0 Å². The van der Waals surface area contributed by atoms with E-state index in [-0.39, 0.29) is 17.9 Å². The van der Waals surface area contributed by atoms with Crippen LogP contribution in [-0.2, 0) is 11.2 Å². The number of carbonyl (C=O) groups excluding carboxylic acids is 1. The largest absolute Gasteiger partial charge is 0.481 e. The summed E-state index contributed by atoms with van der Waals surface area (Å²) < 4.78 is 17.2. The second-order valence-electron chi connectivity index (χ2n) is 11.6. The highest BCUT2D eigenvalue weighted by Gasteiger charge is 2.36. The number of carboxylic acids is 1. The Kier molecular flexibility index (Phi) is 7.73. The molecule has 1 amide bonds. The molecule has 2 atom stereocenters. The lowest BCUT2D eigenvalue weighted by Crippen LogP contribution is -2.32. The van der Waals surface area contributed by atoms with E-state index in [0.717, 1.165) is 18.5 Å². The van der Waals surface area contributed by atoms with E-state index < -0.39 is 17.7 Å². The molecule has 2 unspecified atom stereocenters. The van der Waals surface area contributed by atoms with E-state index >= 15 is 4.39 Å². The first kappa shape index (κ1) is 28.6. The molecule has 1 saturated carbocycles. The summed E-state index contributed by atoms with van der Waals surface area (Å²) >= 11 is 0. The van der Waals surface area contributed by atoms with Crippen LogP contribution in [0.15, 0.2) is 60.7 Å². The average molecular weight is 582 g/mol. The number of carbonyl (C=O) groups is 2. The molecule has 2 aliphatic rings. The molecule has 0 radical (unpaired) electrons. The molecule has 4 aromatic rings. The third kappa shape index (κ3) is 5.63. The van der Waals surface area contributed by atoms with Crippen molar-refractivity contribution in [3.05, 3.63) is 89.0 Å². The second kappa shape index (κ2) is 11.6. The van der Waals surface area contributed by atoms with Crippen molar-refractivity contribution in [3.63, 3.8) is 0 Å². The fraction of sp³-hybridized carbons (Fsp3) is 0.353. The minimum atomic E-state index is -0.825. The summed E-state index contributed by atoms with van der Waals surface area (Å²) in [5.74, 6) is -1.70. The minimum Gasteiger partial charge on any atom is -0.481 e. The number of nitrogens with one attached hydrogen (secondary N) is 1. The van der Waals surface area contributed by atoms with Crippen molar-refractivity contribution in [1.29, 1.82) is 0 Å². The zero-order valence-corrected chi connectivity index (χ0v) is 24.7. The van der Waals surface area contributed by atoms with Crippen molar-refractivity contribution in [2.24, 2.45) is 5.92 Å². The topological polar surface area (TPSA) is 99.8 Å². The number of benzene rings is 2. The molecule has 3 heterocycles. The van der Waals surface area contributed by atoms with Gasteiger partial charge in [0.05, 0.1) is 11.6 Å². The summed E-state index contributed by atoms with van der Waals surface area (Å²) in [6.45, 7) is 7.00. The van der Waals surface area contributed by atoms with Gasteiger partial charge in [0.1, 0.15) is 11.5 Å². The Morgan fingerprint density at radius 1 is 1.12 bits per heavy atom. The second-order valence-corrected chi connectivity index (χ2v) is 11.6. The van der Waals surface area contributed by atoms with Crippen LogP contribution < -0.4 is 10.2 Å². The minimum absolute atomic E-state index is 0.222. The van der Waals surface area contributed by atoms with Crippen molar-refractivity contribution < 1.29 is 19.1 Å². The maximum atomic E-state index is 15.5. The van der Waals surface area contributed by atoms with Gasteiger partial charge in [-0.05, 0) is 87.4 Å². The quantitative estimate of drug-likeness (QED) is 0.248. The molecular formula is C34H36FN5O3. The van der Waals surface area contributed by atoms with Gasteiger partial charge in [-0.25, -0.2) is 13.9 Å². The molecule has 222 valence electrons. The SMILES string of the molecule is C/C=C(/C)c1ccccc1CCNC(=O)c1cc(C2CC2)n2nc(-c3ccc(N4CCC(C(=O)O)C4C)cc3F)cc2n1. The van der Waals surface area contributed by atoms with Crippen LogP contribution in [-0.4, -0.2) is 50.7 Å². The third-order valence-electron chi connectivity index (χ3n) is 8.87. The molecule has 1 aliphatic heterocycles. The zero-order valence-electron chi connectivity index (χ0n) is 24.7. The van der Waals surface area contributed by atoms with E-state index in [4.69, 9.17) is 5.10 Å². The Balaban J connectivity index is 1.23. The number of aromatic nitrogens is 3. The van der Waals surface area contributed by atoms with Crippen LogP contribution in [0.2, 0.25) is 0 Å². The molecule has 8 nitrogen and oxygen atoms in total. The number of hydrogen-bond donors (Lipinski definition) is 2. The number of anilines is 1. The Morgan fingerprint density at radius 2 is 1.91 bits per heavy atom. The maximum absolute atomic E-state index is 15.5. The first-order chi connectivity index (χ1) is 20.7. The van der Waals surface area contributed by atoms with Crippen molar-refractivity contribution in [3.8, 4) is 11.3 Å². The summed E-state index contributed by atoms with van der Waals surface area (Å²) in [6.07, 6.45) is 5.32. The number of hydrogen-bond acceptors (Lipinski definition) is 5. The molecular weight excluding hydrogens is 545 g/mol. The number of amides is 1. The number of rotatable bonds is 9. The average Bonchev–Trinajstić information content (AvgIpc) is 3.64. The fourth-order valence-electron chi connectivity index (χ4n) is 6.12. The fourth-order valence-corrected chi connectivity index (χ4v) is 6.12. The van der Waals surface area contributed by atoms with Gasteiger partial charge >= 0.3 is 5.97 Å². The lowest BCUT2D eigenvalue weighted by Gasteiger charge is -2.25. The molecule has 9 heteroatoms. The number of fused-ring (bicyclic) bond motifs is 1. The number of allylic oxidation sites excluding steroid dienone is 2. The summed E-state index contributed by atoms with van der Waals surface area (Å²) in [6, 6.07) is 16.5.